The van der Waals surface area contributed by atoms with Crippen LogP contribution in [0.1, 0.15) is 12.8 Å². The van der Waals surface area contributed by atoms with Crippen molar-refractivity contribution in [1.82, 2.24) is 14.8 Å². The summed E-state index contributed by atoms with van der Waals surface area (Å²) in [6, 6.07) is 3.88. The number of nitrogens with zero attached hydrogens (tertiary/aromatic N) is 4. The Labute approximate surface area is 129 Å². The predicted octanol–water partition coefficient (Wildman–Crippen LogP) is 1.19. The van der Waals surface area contributed by atoms with Gasteiger partial charge < -0.3 is 14.7 Å². The molecule has 0 unspecified atom stereocenters. The van der Waals surface area contributed by atoms with Crippen LogP contribution in [-0.2, 0) is 4.79 Å². The number of pyridine rings is 1. The number of likely N-dealkylation sites (tertiary alicyclic amines) is 2. The molecule has 4 rings (SSSR count). The van der Waals surface area contributed by atoms with Gasteiger partial charge in [0, 0.05) is 44.8 Å². The van der Waals surface area contributed by atoms with Crippen LogP contribution in [0.25, 0.3) is 0 Å². The first-order valence-electron chi connectivity index (χ1n) is 7.99. The Balaban J connectivity index is 1.45. The molecule has 3 fully saturated rings. The molecule has 0 N–H and O–H groups in total. The average molecular weight is 300 g/mol. The van der Waals surface area contributed by atoms with Crippen LogP contribution < -0.4 is 4.90 Å². The standard InChI is InChI=1S/C16H20N4O2/c21-15-14-11-19(16(22)18-6-1-2-7-18)9-12(14)10-20(15)13-4-3-5-17-8-13/h3-5,8,12,14H,1-2,6-7,9-11H2/t12-,14-/m0/s1. The number of fused-ring (bicyclic) bond motifs is 1. The SMILES string of the molecule is O=C(N1CCCC1)N1C[C@H]2CN(c3cccnc3)C(=O)[C@H]2C1. The summed E-state index contributed by atoms with van der Waals surface area (Å²) in [6.07, 6.45) is 5.63. The summed E-state index contributed by atoms with van der Waals surface area (Å²) in [4.78, 5) is 34.8. The van der Waals surface area contributed by atoms with Gasteiger partial charge in [-0.15, -0.1) is 0 Å². The average Bonchev–Trinajstić information content (AvgIpc) is 3.25. The zero-order valence-corrected chi connectivity index (χ0v) is 12.5. The molecule has 0 spiro atoms. The van der Waals surface area contributed by atoms with Gasteiger partial charge in [0.25, 0.3) is 0 Å². The summed E-state index contributed by atoms with van der Waals surface area (Å²) >= 11 is 0. The van der Waals surface area contributed by atoms with Crippen LogP contribution in [0.5, 0.6) is 0 Å². The van der Waals surface area contributed by atoms with E-state index in [4.69, 9.17) is 0 Å². The minimum absolute atomic E-state index is 0.0493. The topological polar surface area (TPSA) is 56.8 Å². The van der Waals surface area contributed by atoms with Crippen LogP contribution in [0.15, 0.2) is 24.5 Å². The maximum atomic E-state index is 12.6. The summed E-state index contributed by atoms with van der Waals surface area (Å²) in [5.41, 5.74) is 0.860. The van der Waals surface area contributed by atoms with Gasteiger partial charge in [0.1, 0.15) is 0 Å². The largest absolute Gasteiger partial charge is 0.325 e. The van der Waals surface area contributed by atoms with E-state index in [9.17, 15) is 9.59 Å². The second kappa shape index (κ2) is 5.26. The molecule has 6 nitrogen and oxygen atoms in total. The predicted molar refractivity (Wildman–Crippen MR) is 81.3 cm³/mol. The van der Waals surface area contributed by atoms with E-state index in [0.29, 0.717) is 19.6 Å². The summed E-state index contributed by atoms with van der Waals surface area (Å²) < 4.78 is 0. The first-order valence-corrected chi connectivity index (χ1v) is 7.99. The van der Waals surface area contributed by atoms with Crippen molar-refractivity contribution >= 4 is 17.6 Å². The van der Waals surface area contributed by atoms with E-state index in [2.05, 4.69) is 4.98 Å². The number of anilines is 1. The molecule has 3 aliphatic rings. The van der Waals surface area contributed by atoms with Crippen LogP contribution in [0.2, 0.25) is 0 Å². The fourth-order valence-electron chi connectivity index (χ4n) is 3.87. The Morgan fingerprint density at radius 3 is 2.64 bits per heavy atom. The third-order valence-corrected chi connectivity index (χ3v) is 5.05. The molecule has 0 aromatic carbocycles. The van der Waals surface area contributed by atoms with Crippen molar-refractivity contribution in [2.45, 2.75) is 12.8 Å². The number of carbonyl (C=O) groups is 2. The number of aromatic nitrogens is 1. The summed E-state index contributed by atoms with van der Waals surface area (Å²) in [6.45, 7) is 3.68. The normalized spacial score (nSPS) is 27.6. The summed E-state index contributed by atoms with van der Waals surface area (Å²) in [7, 11) is 0. The summed E-state index contributed by atoms with van der Waals surface area (Å²) in [5, 5.41) is 0. The van der Waals surface area contributed by atoms with Gasteiger partial charge in [-0.2, -0.15) is 0 Å². The first-order chi connectivity index (χ1) is 10.7. The Morgan fingerprint density at radius 1 is 1.14 bits per heavy atom. The van der Waals surface area contributed by atoms with Crippen molar-refractivity contribution in [2.75, 3.05) is 37.6 Å². The van der Waals surface area contributed by atoms with Crippen molar-refractivity contribution in [1.29, 1.82) is 0 Å². The molecule has 1 aromatic rings. The second-order valence-corrected chi connectivity index (χ2v) is 6.41. The smallest absolute Gasteiger partial charge is 0.320 e. The van der Waals surface area contributed by atoms with Crippen molar-refractivity contribution in [3.05, 3.63) is 24.5 Å². The van der Waals surface area contributed by atoms with E-state index < -0.39 is 0 Å². The molecule has 0 saturated carbocycles. The van der Waals surface area contributed by atoms with E-state index in [1.165, 1.54) is 0 Å². The Bertz CT molecular complexity index is 585. The van der Waals surface area contributed by atoms with Crippen LogP contribution in [0, 0.1) is 11.8 Å². The van der Waals surface area contributed by atoms with E-state index in [1.807, 2.05) is 26.8 Å². The molecule has 22 heavy (non-hydrogen) atoms. The number of carbonyl (C=O) groups excluding carboxylic acids is 2. The fraction of sp³-hybridized carbons (Fsp3) is 0.562. The van der Waals surface area contributed by atoms with Crippen LogP contribution >= 0.6 is 0 Å². The highest BCUT2D eigenvalue weighted by atomic mass is 16.2. The number of hydrogen-bond acceptors (Lipinski definition) is 3. The maximum Gasteiger partial charge on any atom is 0.320 e. The van der Waals surface area contributed by atoms with E-state index in [1.54, 1.807) is 12.4 Å². The van der Waals surface area contributed by atoms with Crippen molar-refractivity contribution in [3.8, 4) is 0 Å². The second-order valence-electron chi connectivity index (χ2n) is 6.41. The highest BCUT2D eigenvalue weighted by Gasteiger charge is 2.48. The maximum absolute atomic E-state index is 12.6. The summed E-state index contributed by atoms with van der Waals surface area (Å²) in [5.74, 6) is 0.334. The third kappa shape index (κ3) is 2.14. The fourth-order valence-corrected chi connectivity index (χ4v) is 3.87. The Morgan fingerprint density at radius 2 is 1.95 bits per heavy atom. The zero-order chi connectivity index (χ0) is 15.1. The lowest BCUT2D eigenvalue weighted by Gasteiger charge is -2.26. The van der Waals surface area contributed by atoms with Gasteiger partial charge in [-0.25, -0.2) is 4.79 Å². The molecular formula is C16H20N4O2. The minimum Gasteiger partial charge on any atom is -0.325 e. The highest BCUT2D eigenvalue weighted by molar-refractivity contribution is 5.98. The highest BCUT2D eigenvalue weighted by Crippen LogP contribution is 2.35. The van der Waals surface area contributed by atoms with Gasteiger partial charge in [0.05, 0.1) is 17.8 Å². The van der Waals surface area contributed by atoms with Crippen molar-refractivity contribution in [3.63, 3.8) is 0 Å². The molecule has 6 heteroatoms. The molecule has 3 saturated heterocycles. The van der Waals surface area contributed by atoms with Gasteiger partial charge in [0.15, 0.2) is 0 Å². The number of amides is 3. The molecule has 3 aliphatic heterocycles. The van der Waals surface area contributed by atoms with Crippen LogP contribution in [0.4, 0.5) is 10.5 Å². The number of rotatable bonds is 1. The lowest BCUT2D eigenvalue weighted by atomic mass is 10.0. The number of urea groups is 1. The molecule has 0 aliphatic carbocycles. The molecule has 1 aromatic heterocycles. The Kier molecular flexibility index (Phi) is 3.24. The molecule has 0 bridgehead atoms. The number of hydrogen-bond donors (Lipinski definition) is 0. The molecule has 2 atom stereocenters. The lowest BCUT2D eigenvalue weighted by molar-refractivity contribution is -0.120. The van der Waals surface area contributed by atoms with Crippen molar-refractivity contribution < 1.29 is 9.59 Å². The van der Waals surface area contributed by atoms with Gasteiger partial charge >= 0.3 is 6.03 Å². The van der Waals surface area contributed by atoms with Gasteiger partial charge in [-0.05, 0) is 25.0 Å². The quantitative estimate of drug-likeness (QED) is 0.783. The van der Waals surface area contributed by atoms with E-state index >= 15 is 0 Å². The van der Waals surface area contributed by atoms with Crippen LogP contribution in [-0.4, -0.2) is 59.4 Å². The molecular weight excluding hydrogens is 280 g/mol. The molecule has 3 amide bonds. The lowest BCUT2D eigenvalue weighted by Crippen LogP contribution is -2.42. The van der Waals surface area contributed by atoms with Crippen LogP contribution in [0.3, 0.4) is 0 Å². The molecule has 0 radical (unpaired) electrons. The monoisotopic (exact) mass is 300 g/mol. The first kappa shape index (κ1) is 13.5. The molecule has 116 valence electrons. The van der Waals surface area contributed by atoms with Gasteiger partial charge in [0.2, 0.25) is 5.91 Å². The van der Waals surface area contributed by atoms with E-state index in [-0.39, 0.29) is 23.8 Å². The van der Waals surface area contributed by atoms with Gasteiger partial charge in [-0.1, -0.05) is 0 Å². The van der Waals surface area contributed by atoms with Crippen molar-refractivity contribution in [2.24, 2.45) is 11.8 Å². The third-order valence-electron chi connectivity index (χ3n) is 5.05. The Hall–Kier alpha value is -2.11. The minimum atomic E-state index is -0.0493. The van der Waals surface area contributed by atoms with Gasteiger partial charge in [-0.3, -0.25) is 9.78 Å². The van der Waals surface area contributed by atoms with E-state index in [0.717, 1.165) is 31.6 Å². The zero-order valence-electron chi connectivity index (χ0n) is 12.5. The molecule has 4 heterocycles.